The molecule has 0 unspecified atom stereocenters. The highest BCUT2D eigenvalue weighted by Crippen LogP contribution is 2.38. The molecule has 9 heteroatoms. The van der Waals surface area contributed by atoms with Gasteiger partial charge in [-0.3, -0.25) is 14.3 Å². The first-order chi connectivity index (χ1) is 16.5. The molecule has 2 aliphatic rings. The van der Waals surface area contributed by atoms with Gasteiger partial charge in [-0.05, 0) is 43.0 Å². The van der Waals surface area contributed by atoms with Crippen LogP contribution >= 0.6 is 11.6 Å². The van der Waals surface area contributed by atoms with Crippen LogP contribution in [0.2, 0.25) is 5.02 Å². The lowest BCUT2D eigenvalue weighted by Gasteiger charge is -2.26. The Balaban J connectivity index is 1.26. The summed E-state index contributed by atoms with van der Waals surface area (Å²) in [5.41, 5.74) is 4.68. The van der Waals surface area contributed by atoms with E-state index >= 15 is 0 Å². The normalized spacial score (nSPS) is 15.1. The van der Waals surface area contributed by atoms with Crippen LogP contribution in [-0.4, -0.2) is 59.3 Å². The number of aromatic nitrogens is 2. The van der Waals surface area contributed by atoms with Gasteiger partial charge in [0.05, 0.1) is 18.9 Å². The Kier molecular flexibility index (Phi) is 6.43. The molecule has 0 atom stereocenters. The Bertz CT molecular complexity index is 1210. The lowest BCUT2D eigenvalue weighted by atomic mass is 9.93. The molecule has 34 heavy (non-hydrogen) atoms. The van der Waals surface area contributed by atoms with Crippen LogP contribution in [0.25, 0.3) is 11.3 Å². The molecule has 1 aromatic carbocycles. The number of carbonyl (C=O) groups is 2. The van der Waals surface area contributed by atoms with Gasteiger partial charge in [0, 0.05) is 48.4 Å². The van der Waals surface area contributed by atoms with Crippen LogP contribution in [-0.2, 0) is 35.3 Å². The number of ether oxygens (including phenoxy) is 1. The zero-order chi connectivity index (χ0) is 23.7. The maximum Gasteiger partial charge on any atom is 0.290 e. The largest absolute Gasteiger partial charge is 0.455 e. The van der Waals surface area contributed by atoms with E-state index in [0.717, 1.165) is 46.5 Å². The molecule has 3 aromatic rings. The third kappa shape index (κ3) is 4.60. The summed E-state index contributed by atoms with van der Waals surface area (Å²) in [4.78, 5) is 27.3. The van der Waals surface area contributed by atoms with E-state index in [2.05, 4.69) is 5.32 Å². The molecule has 1 fully saturated rings. The van der Waals surface area contributed by atoms with Crippen LogP contribution < -0.4 is 5.32 Å². The first-order valence-electron chi connectivity index (χ1n) is 11.6. The lowest BCUT2D eigenvalue weighted by Crippen LogP contribution is -2.40. The summed E-state index contributed by atoms with van der Waals surface area (Å²) in [6.45, 7) is 4.81. The number of carbonyl (C=O) groups excluding carboxylic acids is 2. The molecule has 2 amide bonds. The van der Waals surface area contributed by atoms with E-state index in [1.165, 1.54) is 0 Å². The van der Waals surface area contributed by atoms with E-state index in [9.17, 15) is 9.59 Å². The number of nitrogens with one attached hydrogen (secondary N) is 1. The molecular weight excluding hydrogens is 456 g/mol. The Morgan fingerprint density at radius 3 is 2.68 bits per heavy atom. The molecular formula is C25H27ClN4O4. The van der Waals surface area contributed by atoms with E-state index in [4.69, 9.17) is 25.9 Å². The highest BCUT2D eigenvalue weighted by Gasteiger charge is 2.32. The fraction of sp³-hybridized carbons (Fsp3) is 0.400. The van der Waals surface area contributed by atoms with Crippen LogP contribution in [0.4, 0.5) is 0 Å². The minimum absolute atomic E-state index is 0.0962. The van der Waals surface area contributed by atoms with Crippen molar-refractivity contribution in [2.24, 2.45) is 0 Å². The summed E-state index contributed by atoms with van der Waals surface area (Å²) >= 11 is 5.91. The number of hydrogen-bond donors (Lipinski definition) is 1. The molecule has 0 bridgehead atoms. The van der Waals surface area contributed by atoms with Crippen molar-refractivity contribution in [2.45, 2.75) is 32.7 Å². The summed E-state index contributed by atoms with van der Waals surface area (Å²) in [6.07, 6.45) is 4.13. The molecule has 5 rings (SSSR count). The second-order valence-electron chi connectivity index (χ2n) is 8.69. The average molecular weight is 483 g/mol. The standard InChI is InChI=1S/C25H27ClN4O4/c1-16-22-20(34-24(16)25(32)29-10-12-33-13-11-29)7-4-18-14-30(28-23(18)22)15-21(31)27-9-8-17-2-5-19(26)6-3-17/h2-3,5-6,14H,4,7-13,15H2,1H3,(H,27,31). The smallest absolute Gasteiger partial charge is 0.290 e. The topological polar surface area (TPSA) is 89.6 Å². The molecule has 0 spiro atoms. The first-order valence-corrected chi connectivity index (χ1v) is 11.9. The molecule has 0 saturated carbocycles. The minimum Gasteiger partial charge on any atom is -0.455 e. The number of aryl methyl sites for hydroxylation is 2. The Morgan fingerprint density at radius 2 is 1.91 bits per heavy atom. The van der Waals surface area contributed by atoms with Crippen molar-refractivity contribution >= 4 is 23.4 Å². The predicted molar refractivity (Wildman–Crippen MR) is 127 cm³/mol. The van der Waals surface area contributed by atoms with Crippen molar-refractivity contribution in [3.8, 4) is 11.3 Å². The third-order valence-corrected chi connectivity index (χ3v) is 6.61. The first kappa shape index (κ1) is 22.7. The maximum absolute atomic E-state index is 13.0. The second-order valence-corrected chi connectivity index (χ2v) is 9.12. The van der Waals surface area contributed by atoms with Crippen LogP contribution in [0.3, 0.4) is 0 Å². The van der Waals surface area contributed by atoms with Crippen molar-refractivity contribution in [3.05, 3.63) is 63.7 Å². The van der Waals surface area contributed by atoms with Gasteiger partial charge in [0.2, 0.25) is 5.91 Å². The van der Waals surface area contributed by atoms with Crippen LogP contribution in [0.5, 0.6) is 0 Å². The lowest BCUT2D eigenvalue weighted by molar-refractivity contribution is -0.121. The molecule has 0 radical (unpaired) electrons. The van der Waals surface area contributed by atoms with Gasteiger partial charge in [-0.25, -0.2) is 0 Å². The molecule has 8 nitrogen and oxygen atoms in total. The van der Waals surface area contributed by atoms with Crippen molar-refractivity contribution in [1.82, 2.24) is 20.0 Å². The number of amides is 2. The molecule has 3 heterocycles. The van der Waals surface area contributed by atoms with Gasteiger partial charge in [0.1, 0.15) is 12.3 Å². The number of hydrogen-bond acceptors (Lipinski definition) is 5. The second kappa shape index (κ2) is 9.64. The van der Waals surface area contributed by atoms with Gasteiger partial charge >= 0.3 is 0 Å². The minimum atomic E-state index is -0.101. The van der Waals surface area contributed by atoms with Gasteiger partial charge in [0.25, 0.3) is 5.91 Å². The number of furan rings is 1. The van der Waals surface area contributed by atoms with E-state index in [1.807, 2.05) is 37.4 Å². The average Bonchev–Trinajstić information content (AvgIpc) is 3.40. The summed E-state index contributed by atoms with van der Waals surface area (Å²) < 4.78 is 13.1. The van der Waals surface area contributed by atoms with E-state index in [-0.39, 0.29) is 18.4 Å². The Labute approximate surface area is 202 Å². The number of fused-ring (bicyclic) bond motifs is 3. The van der Waals surface area contributed by atoms with Crippen molar-refractivity contribution in [3.63, 3.8) is 0 Å². The van der Waals surface area contributed by atoms with E-state index in [0.29, 0.717) is 50.1 Å². The zero-order valence-corrected chi connectivity index (χ0v) is 19.9. The summed E-state index contributed by atoms with van der Waals surface area (Å²) in [7, 11) is 0. The predicted octanol–water partition coefficient (Wildman–Crippen LogP) is 3.03. The summed E-state index contributed by atoms with van der Waals surface area (Å²) in [5.74, 6) is 0.978. The summed E-state index contributed by atoms with van der Waals surface area (Å²) in [6, 6.07) is 7.61. The van der Waals surface area contributed by atoms with Gasteiger partial charge < -0.3 is 19.4 Å². The molecule has 2 aromatic heterocycles. The van der Waals surface area contributed by atoms with Gasteiger partial charge in [-0.1, -0.05) is 23.7 Å². The van der Waals surface area contributed by atoms with E-state index < -0.39 is 0 Å². The van der Waals surface area contributed by atoms with Gasteiger partial charge in [0.15, 0.2) is 5.76 Å². The zero-order valence-electron chi connectivity index (χ0n) is 19.1. The quantitative estimate of drug-likeness (QED) is 0.583. The maximum atomic E-state index is 13.0. The monoisotopic (exact) mass is 482 g/mol. The van der Waals surface area contributed by atoms with Gasteiger partial charge in [-0.2, -0.15) is 5.10 Å². The molecule has 1 N–H and O–H groups in total. The van der Waals surface area contributed by atoms with Crippen LogP contribution in [0.15, 0.2) is 34.9 Å². The molecule has 178 valence electrons. The van der Waals surface area contributed by atoms with Crippen molar-refractivity contribution in [2.75, 3.05) is 32.8 Å². The highest BCUT2D eigenvalue weighted by molar-refractivity contribution is 6.30. The molecule has 1 saturated heterocycles. The number of rotatable bonds is 6. The number of nitrogens with zero attached hydrogens (tertiary/aromatic N) is 3. The Hall–Kier alpha value is -3.10. The van der Waals surface area contributed by atoms with E-state index in [1.54, 1.807) is 9.58 Å². The van der Waals surface area contributed by atoms with Crippen molar-refractivity contribution < 1.29 is 18.7 Å². The fourth-order valence-corrected chi connectivity index (χ4v) is 4.68. The fourth-order valence-electron chi connectivity index (χ4n) is 4.56. The van der Waals surface area contributed by atoms with Crippen LogP contribution in [0, 0.1) is 6.92 Å². The SMILES string of the molecule is Cc1c(C(=O)N2CCOCC2)oc2c1-c1nn(CC(=O)NCCc3ccc(Cl)cc3)cc1CC2. The summed E-state index contributed by atoms with van der Waals surface area (Å²) in [5, 5.41) is 8.34. The number of benzene rings is 1. The van der Waals surface area contributed by atoms with Crippen LogP contribution in [0.1, 0.15) is 33.0 Å². The van der Waals surface area contributed by atoms with Crippen molar-refractivity contribution in [1.29, 1.82) is 0 Å². The number of halogens is 1. The third-order valence-electron chi connectivity index (χ3n) is 6.36. The van der Waals surface area contributed by atoms with Gasteiger partial charge in [-0.15, -0.1) is 0 Å². The number of morpholine rings is 1. The Morgan fingerprint density at radius 1 is 1.15 bits per heavy atom. The molecule has 1 aliphatic heterocycles. The molecule has 1 aliphatic carbocycles. The highest BCUT2D eigenvalue weighted by atomic mass is 35.5.